The zero-order valence-electron chi connectivity index (χ0n) is 19.7. The molecule has 1 amide bonds. The van der Waals surface area contributed by atoms with E-state index in [-0.39, 0.29) is 16.7 Å². The van der Waals surface area contributed by atoms with E-state index in [1.807, 2.05) is 43.0 Å². The van der Waals surface area contributed by atoms with E-state index in [9.17, 15) is 13.2 Å². The molecule has 0 spiro atoms. The van der Waals surface area contributed by atoms with Crippen LogP contribution < -0.4 is 9.64 Å². The van der Waals surface area contributed by atoms with E-state index in [2.05, 4.69) is 4.90 Å². The number of sulfonamides is 1. The van der Waals surface area contributed by atoms with Gasteiger partial charge in [0.05, 0.1) is 11.5 Å². The molecule has 0 atom stereocenters. The molecular formula is C25H32ClN3O4S. The van der Waals surface area contributed by atoms with Gasteiger partial charge in [0.2, 0.25) is 15.9 Å². The Bertz CT molecular complexity index is 1120. The molecule has 7 nitrogen and oxygen atoms in total. The van der Waals surface area contributed by atoms with E-state index in [1.54, 1.807) is 18.2 Å². The summed E-state index contributed by atoms with van der Waals surface area (Å²) in [7, 11) is -3.60. The van der Waals surface area contributed by atoms with Crippen molar-refractivity contribution in [2.75, 3.05) is 50.8 Å². The highest BCUT2D eigenvalue weighted by Gasteiger charge is 2.34. The normalized spacial score (nSPS) is 18.2. The van der Waals surface area contributed by atoms with E-state index in [4.69, 9.17) is 16.3 Å². The van der Waals surface area contributed by atoms with Gasteiger partial charge in [-0.3, -0.25) is 4.79 Å². The average molecular weight is 506 g/mol. The van der Waals surface area contributed by atoms with Crippen LogP contribution in [0.25, 0.3) is 0 Å². The predicted molar refractivity (Wildman–Crippen MR) is 134 cm³/mol. The molecule has 2 aliphatic heterocycles. The second-order valence-corrected chi connectivity index (χ2v) is 11.2. The SMILES string of the molecule is CCOc1ccc(S(=O)(=O)N2CCC(C(=O)N3CCN(c4cccc(Cl)c4)CC3)CC2)cc1C. The van der Waals surface area contributed by atoms with Gasteiger partial charge in [-0.2, -0.15) is 4.31 Å². The molecular weight excluding hydrogens is 474 g/mol. The molecule has 0 radical (unpaired) electrons. The van der Waals surface area contributed by atoms with Crippen LogP contribution >= 0.6 is 11.6 Å². The fraction of sp³-hybridized carbons (Fsp3) is 0.480. The summed E-state index contributed by atoms with van der Waals surface area (Å²) >= 11 is 6.11. The van der Waals surface area contributed by atoms with Crippen LogP contribution in [-0.4, -0.2) is 69.4 Å². The summed E-state index contributed by atoms with van der Waals surface area (Å²) in [4.78, 5) is 17.6. The minimum absolute atomic E-state index is 0.133. The van der Waals surface area contributed by atoms with Crippen molar-refractivity contribution in [1.82, 2.24) is 9.21 Å². The molecule has 2 heterocycles. The fourth-order valence-electron chi connectivity index (χ4n) is 4.71. The molecule has 2 aliphatic rings. The molecule has 0 saturated carbocycles. The third-order valence-corrected chi connectivity index (χ3v) is 8.78. The number of hydrogen-bond acceptors (Lipinski definition) is 5. The van der Waals surface area contributed by atoms with Gasteiger partial charge in [0.25, 0.3) is 0 Å². The number of hydrogen-bond donors (Lipinski definition) is 0. The van der Waals surface area contributed by atoms with Crippen molar-refractivity contribution in [3.8, 4) is 5.75 Å². The van der Waals surface area contributed by atoms with Crippen molar-refractivity contribution in [2.24, 2.45) is 5.92 Å². The van der Waals surface area contributed by atoms with Crippen molar-refractivity contribution < 1.29 is 17.9 Å². The number of amides is 1. The Hall–Kier alpha value is -2.29. The van der Waals surface area contributed by atoms with Gasteiger partial charge in [-0.05, 0) is 68.7 Å². The first-order chi connectivity index (χ1) is 16.3. The van der Waals surface area contributed by atoms with Gasteiger partial charge in [-0.1, -0.05) is 17.7 Å². The number of piperidine rings is 1. The van der Waals surface area contributed by atoms with Crippen LogP contribution in [0.4, 0.5) is 5.69 Å². The molecule has 34 heavy (non-hydrogen) atoms. The van der Waals surface area contributed by atoms with Gasteiger partial charge in [0.15, 0.2) is 0 Å². The van der Waals surface area contributed by atoms with E-state index < -0.39 is 10.0 Å². The lowest BCUT2D eigenvalue weighted by Crippen LogP contribution is -2.52. The van der Waals surface area contributed by atoms with Gasteiger partial charge in [0, 0.05) is 55.9 Å². The highest BCUT2D eigenvalue weighted by atomic mass is 35.5. The highest BCUT2D eigenvalue weighted by molar-refractivity contribution is 7.89. The van der Waals surface area contributed by atoms with Crippen LogP contribution in [0.2, 0.25) is 5.02 Å². The monoisotopic (exact) mass is 505 g/mol. The van der Waals surface area contributed by atoms with Crippen molar-refractivity contribution in [2.45, 2.75) is 31.6 Å². The number of carbonyl (C=O) groups is 1. The molecule has 0 bridgehead atoms. The number of rotatable bonds is 6. The Morgan fingerprint density at radius 1 is 1.03 bits per heavy atom. The second kappa shape index (κ2) is 10.5. The molecule has 2 fully saturated rings. The first-order valence-corrected chi connectivity index (χ1v) is 13.6. The van der Waals surface area contributed by atoms with E-state index in [0.29, 0.717) is 56.4 Å². The van der Waals surface area contributed by atoms with Gasteiger partial charge in [-0.25, -0.2) is 8.42 Å². The summed E-state index contributed by atoms with van der Waals surface area (Å²) < 4.78 is 33.3. The molecule has 2 aromatic carbocycles. The highest BCUT2D eigenvalue weighted by Crippen LogP contribution is 2.29. The lowest BCUT2D eigenvalue weighted by molar-refractivity contribution is -0.137. The quantitative estimate of drug-likeness (QED) is 0.597. The molecule has 184 valence electrons. The van der Waals surface area contributed by atoms with Crippen molar-refractivity contribution >= 4 is 33.2 Å². The van der Waals surface area contributed by atoms with Gasteiger partial charge in [-0.15, -0.1) is 0 Å². The number of nitrogens with zero attached hydrogens (tertiary/aromatic N) is 3. The Morgan fingerprint density at radius 2 is 1.74 bits per heavy atom. The Morgan fingerprint density at radius 3 is 2.35 bits per heavy atom. The summed E-state index contributed by atoms with van der Waals surface area (Å²) in [5.74, 6) is 0.701. The molecule has 0 aromatic heterocycles. The number of anilines is 1. The third kappa shape index (κ3) is 5.34. The lowest BCUT2D eigenvalue weighted by atomic mass is 9.96. The lowest BCUT2D eigenvalue weighted by Gasteiger charge is -2.39. The zero-order valence-corrected chi connectivity index (χ0v) is 21.3. The predicted octanol–water partition coefficient (Wildman–Crippen LogP) is 3.80. The molecule has 0 aliphatic carbocycles. The van der Waals surface area contributed by atoms with Crippen molar-refractivity contribution in [1.29, 1.82) is 0 Å². The summed E-state index contributed by atoms with van der Waals surface area (Å²) in [5.41, 5.74) is 1.87. The number of aryl methyl sites for hydroxylation is 1. The Labute approximate surface area is 207 Å². The van der Waals surface area contributed by atoms with Crippen LogP contribution in [0.3, 0.4) is 0 Å². The molecule has 2 aromatic rings. The molecule has 4 rings (SSSR count). The van der Waals surface area contributed by atoms with Gasteiger partial charge >= 0.3 is 0 Å². The maximum Gasteiger partial charge on any atom is 0.243 e. The first-order valence-electron chi connectivity index (χ1n) is 11.8. The standard InChI is InChI=1S/C25H32ClN3O4S/c1-3-33-24-8-7-23(17-19(24)2)34(31,32)29-11-9-20(10-12-29)25(30)28-15-13-27(14-16-28)22-6-4-5-21(26)18-22/h4-8,17-18,20H,3,9-16H2,1-2H3. The number of piperazine rings is 1. The summed E-state index contributed by atoms with van der Waals surface area (Å²) in [5, 5.41) is 0.707. The van der Waals surface area contributed by atoms with Gasteiger partial charge in [0.1, 0.15) is 5.75 Å². The minimum Gasteiger partial charge on any atom is -0.494 e. The first kappa shape index (κ1) is 24.8. The van der Waals surface area contributed by atoms with Crippen LogP contribution in [0, 0.1) is 12.8 Å². The Kier molecular flexibility index (Phi) is 7.70. The number of benzene rings is 2. The smallest absolute Gasteiger partial charge is 0.243 e. The molecule has 2 saturated heterocycles. The second-order valence-electron chi connectivity index (χ2n) is 8.83. The zero-order chi connectivity index (χ0) is 24.3. The number of carbonyl (C=O) groups excluding carboxylic acids is 1. The van der Waals surface area contributed by atoms with E-state index in [0.717, 1.165) is 24.3 Å². The molecule has 9 heteroatoms. The topological polar surface area (TPSA) is 70.2 Å². The third-order valence-electron chi connectivity index (χ3n) is 6.65. The summed E-state index contributed by atoms with van der Waals surface area (Å²) in [6.07, 6.45) is 1.09. The summed E-state index contributed by atoms with van der Waals surface area (Å²) in [6, 6.07) is 12.7. The van der Waals surface area contributed by atoms with Gasteiger partial charge < -0.3 is 14.5 Å². The van der Waals surface area contributed by atoms with Crippen LogP contribution in [0.1, 0.15) is 25.3 Å². The van der Waals surface area contributed by atoms with E-state index >= 15 is 0 Å². The molecule has 0 N–H and O–H groups in total. The minimum atomic E-state index is -3.60. The number of halogens is 1. The largest absolute Gasteiger partial charge is 0.494 e. The van der Waals surface area contributed by atoms with Crippen LogP contribution in [-0.2, 0) is 14.8 Å². The average Bonchev–Trinajstić information content (AvgIpc) is 2.85. The maximum absolute atomic E-state index is 13.2. The summed E-state index contributed by atoms with van der Waals surface area (Å²) in [6.45, 7) is 7.83. The maximum atomic E-state index is 13.2. The Balaban J connectivity index is 1.32. The van der Waals surface area contributed by atoms with Crippen molar-refractivity contribution in [3.63, 3.8) is 0 Å². The van der Waals surface area contributed by atoms with Crippen molar-refractivity contribution in [3.05, 3.63) is 53.1 Å². The molecule has 0 unspecified atom stereocenters. The number of ether oxygens (including phenoxy) is 1. The van der Waals surface area contributed by atoms with Crippen LogP contribution in [0.5, 0.6) is 5.75 Å². The van der Waals surface area contributed by atoms with E-state index in [1.165, 1.54) is 4.31 Å². The fourth-order valence-corrected chi connectivity index (χ4v) is 6.45. The van der Waals surface area contributed by atoms with Crippen LogP contribution in [0.15, 0.2) is 47.4 Å².